The minimum atomic E-state index is -0.257. The lowest BCUT2D eigenvalue weighted by molar-refractivity contribution is 0.0979. The predicted octanol–water partition coefficient (Wildman–Crippen LogP) is 6.23. The molecule has 2 aliphatic rings. The van der Waals surface area contributed by atoms with E-state index in [0.29, 0.717) is 33.4 Å². The van der Waals surface area contributed by atoms with Gasteiger partial charge in [0.1, 0.15) is 0 Å². The highest BCUT2D eigenvalue weighted by Gasteiger charge is 2.32. The van der Waals surface area contributed by atoms with Crippen LogP contribution in [0.2, 0.25) is 10.0 Å². The first kappa shape index (κ1) is 22.0. The van der Waals surface area contributed by atoms with Crippen molar-refractivity contribution in [2.24, 2.45) is 0 Å². The van der Waals surface area contributed by atoms with Gasteiger partial charge in [0, 0.05) is 33.4 Å². The van der Waals surface area contributed by atoms with Crippen LogP contribution in [0.4, 0.5) is 0 Å². The Morgan fingerprint density at radius 2 is 0.647 bits per heavy atom. The van der Waals surface area contributed by atoms with Crippen LogP contribution in [0.1, 0.15) is 63.7 Å². The van der Waals surface area contributed by atoms with E-state index in [9.17, 15) is 19.2 Å². The smallest absolute Gasteiger partial charge is 0.196 e. The Kier molecular flexibility index (Phi) is 5.48. The minimum Gasteiger partial charge on any atom is -0.289 e. The van der Waals surface area contributed by atoms with Crippen LogP contribution < -0.4 is 0 Å². The molecule has 0 saturated carbocycles. The van der Waals surface area contributed by atoms with Crippen molar-refractivity contribution in [2.75, 3.05) is 0 Å². The SMILES string of the molecule is O=C1c2cccc(Cl)c2C(=O)c2cccc(Cl)c21.O=C1c2ccccc2C(=O)c2ccccc21. The van der Waals surface area contributed by atoms with Crippen LogP contribution >= 0.6 is 23.2 Å². The van der Waals surface area contributed by atoms with Crippen molar-refractivity contribution in [3.63, 3.8) is 0 Å². The number of ketones is 4. The number of rotatable bonds is 0. The first-order valence-corrected chi connectivity index (χ1v) is 11.1. The molecule has 0 spiro atoms. The third-order valence-electron chi connectivity index (χ3n) is 5.80. The highest BCUT2D eigenvalue weighted by atomic mass is 35.5. The van der Waals surface area contributed by atoms with Crippen molar-refractivity contribution >= 4 is 46.3 Å². The van der Waals surface area contributed by atoms with Gasteiger partial charge in [-0.1, -0.05) is 96.0 Å². The third kappa shape index (κ3) is 3.39. The summed E-state index contributed by atoms with van der Waals surface area (Å²) in [6.45, 7) is 0. The molecule has 34 heavy (non-hydrogen) atoms. The molecular weight excluding hydrogens is 471 g/mol. The maximum atomic E-state index is 12.3. The predicted molar refractivity (Wildman–Crippen MR) is 130 cm³/mol. The molecule has 6 rings (SSSR count). The monoisotopic (exact) mass is 484 g/mol. The highest BCUT2D eigenvalue weighted by molar-refractivity contribution is 6.42. The van der Waals surface area contributed by atoms with E-state index in [1.165, 1.54) is 0 Å². The van der Waals surface area contributed by atoms with Gasteiger partial charge < -0.3 is 0 Å². The van der Waals surface area contributed by atoms with E-state index < -0.39 is 0 Å². The number of hydrogen-bond acceptors (Lipinski definition) is 4. The first-order chi connectivity index (χ1) is 16.4. The van der Waals surface area contributed by atoms with E-state index in [0.717, 1.165) is 0 Å². The number of hydrogen-bond donors (Lipinski definition) is 0. The van der Waals surface area contributed by atoms with Gasteiger partial charge in [-0.3, -0.25) is 19.2 Å². The quantitative estimate of drug-likeness (QED) is 0.256. The standard InChI is InChI=1S/C14H6Cl2O2.C14H8O2/c15-9-5-1-3-7-11(9)14(18)8-4-2-6-10(16)12(8)13(7)17;15-13-9-5-1-2-6-10(9)14(16)12-8-4-3-7-11(12)13/h1-6H;1-8H. The van der Waals surface area contributed by atoms with E-state index in [2.05, 4.69) is 0 Å². The largest absolute Gasteiger partial charge is 0.289 e. The fourth-order valence-electron chi connectivity index (χ4n) is 4.21. The molecule has 0 aliphatic heterocycles. The average molecular weight is 485 g/mol. The fourth-order valence-corrected chi connectivity index (χ4v) is 4.73. The van der Waals surface area contributed by atoms with E-state index in [4.69, 9.17) is 23.2 Å². The molecule has 0 atom stereocenters. The van der Waals surface area contributed by atoms with Crippen molar-refractivity contribution in [3.8, 4) is 0 Å². The Labute approximate surface area is 204 Å². The molecule has 0 aromatic heterocycles. The number of benzene rings is 4. The molecule has 0 saturated heterocycles. The number of carbonyl (C=O) groups excluding carboxylic acids is 4. The molecular formula is C28H14Cl2O4. The number of carbonyl (C=O) groups is 4. The first-order valence-electron chi connectivity index (χ1n) is 10.3. The Balaban J connectivity index is 0.000000142. The van der Waals surface area contributed by atoms with Crippen molar-refractivity contribution in [1.29, 1.82) is 0 Å². The summed E-state index contributed by atoms with van der Waals surface area (Å²) in [5, 5.41) is 0.577. The van der Waals surface area contributed by atoms with E-state index in [1.807, 2.05) is 0 Å². The van der Waals surface area contributed by atoms with Gasteiger partial charge in [0.15, 0.2) is 23.1 Å². The van der Waals surface area contributed by atoms with Crippen LogP contribution in [0, 0.1) is 0 Å². The zero-order valence-corrected chi connectivity index (χ0v) is 19.0. The topological polar surface area (TPSA) is 68.3 Å². The van der Waals surface area contributed by atoms with Crippen molar-refractivity contribution in [2.45, 2.75) is 0 Å². The van der Waals surface area contributed by atoms with Gasteiger partial charge in [0.25, 0.3) is 0 Å². The molecule has 0 amide bonds. The van der Waals surface area contributed by atoms with Crippen LogP contribution in [0.25, 0.3) is 0 Å². The molecule has 4 nitrogen and oxygen atoms in total. The molecule has 0 fully saturated rings. The van der Waals surface area contributed by atoms with Crippen LogP contribution in [-0.4, -0.2) is 23.1 Å². The number of halogens is 2. The molecule has 0 heterocycles. The van der Waals surface area contributed by atoms with E-state index in [-0.39, 0.29) is 44.3 Å². The molecule has 4 aromatic carbocycles. The summed E-state index contributed by atoms with van der Waals surface area (Å²) in [6.07, 6.45) is 0. The average Bonchev–Trinajstić information content (AvgIpc) is 2.86. The van der Waals surface area contributed by atoms with Crippen LogP contribution in [0.5, 0.6) is 0 Å². The van der Waals surface area contributed by atoms with E-state index in [1.54, 1.807) is 84.9 Å². The summed E-state index contributed by atoms with van der Waals surface area (Å²) in [5.41, 5.74) is 3.17. The summed E-state index contributed by atoms with van der Waals surface area (Å²) >= 11 is 12.0. The van der Waals surface area contributed by atoms with E-state index >= 15 is 0 Å². The maximum Gasteiger partial charge on any atom is 0.196 e. The molecule has 164 valence electrons. The molecule has 4 aromatic rings. The lowest BCUT2D eigenvalue weighted by Gasteiger charge is -2.18. The van der Waals surface area contributed by atoms with Crippen molar-refractivity contribution in [1.82, 2.24) is 0 Å². The maximum absolute atomic E-state index is 12.3. The Morgan fingerprint density at radius 1 is 0.353 bits per heavy atom. The molecule has 0 bridgehead atoms. The van der Waals surface area contributed by atoms with Gasteiger partial charge in [-0.25, -0.2) is 0 Å². The molecule has 2 aliphatic carbocycles. The second-order valence-electron chi connectivity index (χ2n) is 7.73. The lowest BCUT2D eigenvalue weighted by Crippen LogP contribution is -2.21. The summed E-state index contributed by atoms with van der Waals surface area (Å²) < 4.78 is 0. The fraction of sp³-hybridized carbons (Fsp3) is 0. The normalized spacial score (nSPS) is 13.2. The Morgan fingerprint density at radius 3 is 0.971 bits per heavy atom. The second kappa shape index (κ2) is 8.49. The molecule has 0 radical (unpaired) electrons. The van der Waals surface area contributed by atoms with Crippen molar-refractivity contribution < 1.29 is 19.2 Å². The highest BCUT2D eigenvalue weighted by Crippen LogP contribution is 2.34. The lowest BCUT2D eigenvalue weighted by atomic mass is 9.84. The van der Waals surface area contributed by atoms with Gasteiger partial charge in [-0.2, -0.15) is 0 Å². The summed E-state index contributed by atoms with van der Waals surface area (Å²) in [7, 11) is 0. The van der Waals surface area contributed by atoms with Gasteiger partial charge in [-0.15, -0.1) is 0 Å². The van der Waals surface area contributed by atoms with Gasteiger partial charge >= 0.3 is 0 Å². The third-order valence-corrected chi connectivity index (χ3v) is 6.43. The Bertz CT molecular complexity index is 1390. The zero-order valence-electron chi connectivity index (χ0n) is 17.5. The minimum absolute atomic E-state index is 0.0641. The van der Waals surface area contributed by atoms with Gasteiger partial charge in [-0.05, 0) is 12.1 Å². The molecule has 6 heteroatoms. The summed E-state index contributed by atoms with van der Waals surface area (Å²) in [6, 6.07) is 23.6. The van der Waals surface area contributed by atoms with Gasteiger partial charge in [0.05, 0.1) is 21.2 Å². The van der Waals surface area contributed by atoms with Gasteiger partial charge in [0.2, 0.25) is 0 Å². The second-order valence-corrected chi connectivity index (χ2v) is 8.55. The van der Waals surface area contributed by atoms with Crippen molar-refractivity contribution in [3.05, 3.63) is 139 Å². The van der Waals surface area contributed by atoms with Crippen LogP contribution in [0.15, 0.2) is 84.9 Å². The van der Waals surface area contributed by atoms with Crippen LogP contribution in [0.3, 0.4) is 0 Å². The molecule has 0 N–H and O–H groups in total. The molecule has 0 unspecified atom stereocenters. The number of fused-ring (bicyclic) bond motifs is 4. The summed E-state index contributed by atoms with van der Waals surface area (Å²) in [4.78, 5) is 48.9. The Hall–Kier alpha value is -3.86. The zero-order chi connectivity index (χ0) is 24.0. The summed E-state index contributed by atoms with van der Waals surface area (Å²) in [5.74, 6) is -0.642. The van der Waals surface area contributed by atoms with Crippen LogP contribution in [-0.2, 0) is 0 Å².